The van der Waals surface area contributed by atoms with Crippen LogP contribution in [0.4, 0.5) is 39.9 Å². The van der Waals surface area contributed by atoms with E-state index >= 15 is 0 Å². The van der Waals surface area contributed by atoms with Gasteiger partial charge in [0.1, 0.15) is 9.88 Å². The number of pyridine rings is 1. The van der Waals surface area contributed by atoms with Gasteiger partial charge in [-0.3, -0.25) is 63.2 Å². The molecule has 15 atom stereocenters. The molecule has 2 aliphatic carbocycles. The van der Waals surface area contributed by atoms with Gasteiger partial charge in [0.25, 0.3) is 23.6 Å². The summed E-state index contributed by atoms with van der Waals surface area (Å²) in [7, 11) is 3.55. The van der Waals surface area contributed by atoms with Crippen LogP contribution in [-0.4, -0.2) is 377 Å². The van der Waals surface area contributed by atoms with Crippen molar-refractivity contribution in [2.75, 3.05) is 119 Å². The van der Waals surface area contributed by atoms with Crippen molar-refractivity contribution >= 4 is 41.0 Å². The van der Waals surface area contributed by atoms with Crippen molar-refractivity contribution in [3.8, 4) is 12.3 Å². The van der Waals surface area contributed by atoms with Crippen LogP contribution < -0.4 is 0 Å². The maximum Gasteiger partial charge on any atom is 0.395 e. The third kappa shape index (κ3) is 29.3. The highest BCUT2D eigenvalue weighted by molar-refractivity contribution is 7.13. The number of nitrogens with zero attached hydrogens (tertiary/aromatic N) is 17. The number of ether oxygens (including phenoxy) is 1. The second-order valence-corrected chi connectivity index (χ2v) is 48.4. The lowest BCUT2D eigenvalue weighted by Crippen LogP contribution is -2.60. The minimum absolute atomic E-state index is 0.00777. The van der Waals surface area contributed by atoms with Gasteiger partial charge in [0.15, 0.2) is 0 Å². The van der Waals surface area contributed by atoms with Crippen LogP contribution in [0.25, 0.3) is 0 Å². The normalized spacial score (nSPS) is 28.8. The molecule has 14 bridgehead atoms. The number of alkyl halides is 8. The number of piperazine rings is 6. The predicted octanol–water partition coefficient (Wildman–Crippen LogP) is 17.6. The number of aliphatic hydroxyl groups is 1. The summed E-state index contributed by atoms with van der Waals surface area (Å²) < 4.78 is 108. The number of carbonyl (C=O) groups is 5. The number of hydroxylamine groups is 4. The number of benzene rings is 3. The Kier molecular flexibility index (Phi) is 39.8. The molecule has 16 heterocycles. The number of hydrogen-bond acceptors (Lipinski definition) is 21. The third-order valence-corrected chi connectivity index (χ3v) is 35.6. The summed E-state index contributed by atoms with van der Waals surface area (Å²) in [6, 6.07) is 35.3. The monoisotopic (exact) mass is 2120 g/mol. The van der Waals surface area contributed by atoms with Crippen LogP contribution in [0.1, 0.15) is 276 Å². The van der Waals surface area contributed by atoms with Gasteiger partial charge in [0.2, 0.25) is 5.91 Å². The average Bonchev–Trinajstić information content (AvgIpc) is 1.52. The maximum absolute atomic E-state index is 13.2. The molecule has 0 spiro atoms. The van der Waals surface area contributed by atoms with Crippen LogP contribution in [0.5, 0.6) is 0 Å². The number of halogens is 8. The zero-order valence-corrected chi connectivity index (χ0v) is 92.4. The van der Waals surface area contributed by atoms with Gasteiger partial charge in [-0.2, -0.15) is 36.5 Å². The van der Waals surface area contributed by atoms with E-state index in [-0.39, 0.29) is 116 Å². The second kappa shape index (κ2) is 51.4. The average molecular weight is 2120 g/mol. The Balaban J connectivity index is 0.000000131. The molecular weight excluding hydrogens is 1950 g/mol. The van der Waals surface area contributed by atoms with Crippen LogP contribution >= 0.6 is 11.3 Å². The Morgan fingerprint density at radius 1 is 0.460 bits per heavy atom. The van der Waals surface area contributed by atoms with E-state index in [2.05, 4.69) is 168 Å². The summed E-state index contributed by atoms with van der Waals surface area (Å²) >= 11 is 0.865. The van der Waals surface area contributed by atoms with E-state index in [1.165, 1.54) is 68.9 Å². The minimum Gasteiger partial charge on any atom is -0.392 e. The first-order valence-electron chi connectivity index (χ1n) is 55.9. The smallest absolute Gasteiger partial charge is 0.392 e. The number of carbonyl (C=O) groups excluding carboxylic acids is 5. The van der Waals surface area contributed by atoms with Crippen LogP contribution in [-0.2, 0) is 52.1 Å². The van der Waals surface area contributed by atoms with Crippen molar-refractivity contribution in [3.05, 3.63) is 152 Å². The Hall–Kier alpha value is -7.93. The Morgan fingerprint density at radius 3 is 1.26 bits per heavy atom. The summed E-state index contributed by atoms with van der Waals surface area (Å²) in [4.78, 5) is 112. The molecule has 16 aliphatic rings. The van der Waals surface area contributed by atoms with Gasteiger partial charge < -0.3 is 44.1 Å². The van der Waals surface area contributed by atoms with Crippen molar-refractivity contribution in [2.24, 2.45) is 23.7 Å². The van der Waals surface area contributed by atoms with Crippen LogP contribution in [0.3, 0.4) is 0 Å². The summed E-state index contributed by atoms with van der Waals surface area (Å²) in [6.07, 6.45) is 16.8. The molecule has 5 aromatic rings. The first kappa shape index (κ1) is 116. The zero-order valence-electron chi connectivity index (χ0n) is 91.6. The first-order valence-corrected chi connectivity index (χ1v) is 56.7. The van der Waals surface area contributed by atoms with Crippen LogP contribution in [0.2, 0.25) is 0 Å². The highest BCUT2D eigenvalue weighted by atomic mass is 32.1. The highest BCUT2D eigenvalue weighted by Crippen LogP contribution is 2.49. The van der Waals surface area contributed by atoms with Crippen LogP contribution in [0, 0.1) is 36.0 Å². The lowest BCUT2D eigenvalue weighted by molar-refractivity contribution is -0.224. The first-order chi connectivity index (χ1) is 71.3. The number of fused-ring (bicyclic) bond motifs is 14. The quantitative estimate of drug-likeness (QED) is 0.0505. The molecule has 14 saturated heterocycles. The van der Waals surface area contributed by atoms with E-state index in [9.17, 15) is 64.2 Å². The highest BCUT2D eigenvalue weighted by Gasteiger charge is 2.56. The van der Waals surface area contributed by atoms with E-state index in [0.717, 1.165) is 163 Å². The second-order valence-electron chi connectivity index (χ2n) is 47.3. The van der Waals surface area contributed by atoms with E-state index in [1.54, 1.807) is 23.9 Å². The van der Waals surface area contributed by atoms with Gasteiger partial charge in [-0.05, 0) is 276 Å². The molecule has 830 valence electrons. The minimum atomic E-state index is -4.29. The molecule has 150 heavy (non-hydrogen) atoms. The van der Waals surface area contributed by atoms with E-state index < -0.39 is 36.5 Å². The van der Waals surface area contributed by atoms with Gasteiger partial charge in [-0.1, -0.05) is 48.4 Å². The van der Waals surface area contributed by atoms with Gasteiger partial charge in [-0.25, -0.2) is 18.6 Å². The number of piperidine rings is 2. The lowest BCUT2D eigenvalue weighted by Gasteiger charge is -2.46. The molecule has 16 fully saturated rings. The number of amides is 6. The van der Waals surface area contributed by atoms with Crippen molar-refractivity contribution in [1.29, 1.82) is 0 Å². The molecule has 2 saturated carbocycles. The van der Waals surface area contributed by atoms with E-state index in [1.807, 2.05) is 106 Å². The molecule has 1 N–H and O–H groups in total. The molecule has 2 aromatic heterocycles. The SMILES string of the molecule is C#Cc1cccc(C(=O)N2C3CCC2CN(C(C)C)C3)c1.CC(C)N1CC2CCC(C1)N2C(=O)C1CC(C(F)(F)F)C1.CC(C)N1CC2CCC(C1)N2C(=O)N1CCC(F)(F)CC1.CC(C)N1CC2CCC(C1)N2C(=O)c1cnc(CC(F)(F)F)s1.CC(C)N1C[C@H]2CC[C@@H](C1)C2OCc1cccc(CO)c1.CC(C)N1C[C@H]2CC[C@@H](C1)N2OCc1cccc(C(=O)N(C)C)c1.CC(C)N1C[C@H]2CC[C@@H](C1)N2OCc1ccncc1. The van der Waals surface area contributed by atoms with Crippen molar-refractivity contribution in [3.63, 3.8) is 0 Å². The number of thiazole rings is 1. The Bertz CT molecular complexity index is 5150. The number of urea groups is 1. The summed E-state index contributed by atoms with van der Waals surface area (Å²) in [6.45, 7) is 47.6. The molecular formula is C115H169F8N17O9S. The molecule has 35 heteroatoms. The Morgan fingerprint density at radius 2 is 0.840 bits per heavy atom. The standard InChI is InChI=1S/C19H29N3O2.C18H22N2O.C18H27NO2.C15H20F3N3OS.C15H23F3N2O.C15H25F2N3O.C15H23N3O/c1-14(2)21-11-17-8-9-18(12-21)22(17)24-13-15-6-5-7-16(10-15)19(23)20(3)4;1-4-14-6-5-7-15(10-14)18(21)20-16-8-9-17(20)12-19(11-16)13(2)3;1-13(2)19-9-16-6-7-17(10-19)18(16)21-12-15-5-3-4-14(8-15)11-20;1-9(2)20-7-10-3-4-11(8-20)21(10)14(22)12-6-19-13(23-12)5-15(16,17)18;1-9(2)19-7-12-3-4-13(8-19)20(12)14(21)10-5-11(6-10)15(16,17)18;1-11(2)19-9-12-3-4-13(10-19)20(12)14(21)18-7-5-15(16,17)6-8-18;1-12(2)17-9-14-3-4-15(10-17)18(14)19-11-13-5-7-16-8-6-13/h5-7,10,14,17-18H,8-9,11-13H2,1-4H3;1,5-7,10,13,16-17H,8-9,11-12H2,2-3H3;3-5,8,13,16-18,20H,6-7,9-12H2,1-2H3;6,9-11H,3-5,7-8H2,1-2H3;9-13H,3-8H2,1-2H3;11-13H,3-10H2,1-2H3;5-8,12,14-15H,3-4,9-11H2,1-2H3/t17-,18+;;16-,17+,18?;;;;14-,15+. The van der Waals surface area contributed by atoms with Crippen LogP contribution in [0.15, 0.2) is 104 Å². The van der Waals surface area contributed by atoms with Gasteiger partial charge in [0, 0.05) is 281 Å². The molecule has 26 nitrogen and oxygen atoms in total. The van der Waals surface area contributed by atoms with Gasteiger partial charge >= 0.3 is 18.4 Å². The molecule has 9 unspecified atom stereocenters. The van der Waals surface area contributed by atoms with Crippen molar-refractivity contribution in [1.82, 2.24) is 83.8 Å². The predicted molar refractivity (Wildman–Crippen MR) is 568 cm³/mol. The fourth-order valence-electron chi connectivity index (χ4n) is 25.7. The van der Waals surface area contributed by atoms with E-state index in [4.69, 9.17) is 20.8 Å². The topological polar surface area (TPSA) is 208 Å². The largest absolute Gasteiger partial charge is 0.395 e. The number of terminal acetylenes is 1. The zero-order chi connectivity index (χ0) is 108. The fraction of sp³-hybridized carbons (Fsp3) is 0.713. The number of likely N-dealkylation sites (tertiary alicyclic amines) is 8. The van der Waals surface area contributed by atoms with Gasteiger partial charge in [-0.15, -0.1) is 17.8 Å². The summed E-state index contributed by atoms with van der Waals surface area (Å²) in [5, 5.41) is 13.6. The van der Waals surface area contributed by atoms with Crippen molar-refractivity contribution < 1.29 is 78.6 Å². The molecule has 6 amide bonds. The summed E-state index contributed by atoms with van der Waals surface area (Å²) in [5.74, 6) is -0.254. The summed E-state index contributed by atoms with van der Waals surface area (Å²) in [5.41, 5.74) is 6.60. The van der Waals surface area contributed by atoms with E-state index in [0.29, 0.717) is 127 Å². The molecule has 3 aromatic carbocycles. The lowest BCUT2D eigenvalue weighted by atomic mass is 9.73. The maximum atomic E-state index is 13.2. The number of aromatic nitrogens is 2. The molecule has 0 radical (unpaired) electrons. The Labute approximate surface area is 890 Å². The van der Waals surface area contributed by atoms with Crippen molar-refractivity contribution in [2.45, 2.75) is 385 Å². The third-order valence-electron chi connectivity index (χ3n) is 34.6. The number of rotatable bonds is 22. The molecule has 21 rings (SSSR count). The van der Waals surface area contributed by atoms with Gasteiger partial charge in [0.05, 0.1) is 51.1 Å². The number of hydrogen-bond donors (Lipinski definition) is 1. The molecule has 14 aliphatic heterocycles. The fourth-order valence-corrected chi connectivity index (χ4v) is 26.6. The number of aliphatic hydroxyl groups excluding tert-OH is 1.